The Morgan fingerprint density at radius 3 is 1.35 bits per heavy atom. The maximum absolute atomic E-state index is 8.77. The average Bonchev–Trinajstić information content (AvgIpc) is 2.74. The summed E-state index contributed by atoms with van der Waals surface area (Å²) in [7, 11) is 2.35. The quantitative estimate of drug-likeness (QED) is 0.0904. The van der Waals surface area contributed by atoms with Crippen molar-refractivity contribution in [2.45, 2.75) is 109 Å². The van der Waals surface area contributed by atoms with Crippen LogP contribution in [-0.4, -0.2) is 71.6 Å². The Hall–Kier alpha value is 0.167. The average molecular weight is 530 g/mol. The summed E-state index contributed by atoms with van der Waals surface area (Å²) >= 11 is 0. The molecule has 0 rings (SSSR count). The second kappa shape index (κ2) is 21.3. The monoisotopic (exact) mass is 529 g/mol. The van der Waals surface area contributed by atoms with Crippen molar-refractivity contribution in [2.24, 2.45) is 0 Å². The van der Waals surface area contributed by atoms with Gasteiger partial charge in [0.25, 0.3) is 7.82 Å². The third kappa shape index (κ3) is 22.6. The molecule has 0 heterocycles. The Labute approximate surface area is 211 Å². The maximum atomic E-state index is 8.77. The zero-order valence-electron chi connectivity index (χ0n) is 23.2. The van der Waals surface area contributed by atoms with Crippen LogP contribution in [0.15, 0.2) is 0 Å². The summed E-state index contributed by atoms with van der Waals surface area (Å²) in [5, 5.41) is 0. The highest BCUT2D eigenvalue weighted by molar-refractivity contribution is 7.43. The van der Waals surface area contributed by atoms with Gasteiger partial charge in [-0.1, -0.05) is 90.9 Å². The van der Waals surface area contributed by atoms with Crippen molar-refractivity contribution in [1.82, 2.24) is 0 Å². The normalized spacial score (nSPS) is 13.5. The van der Waals surface area contributed by atoms with E-state index in [0.717, 1.165) is 11.0 Å². The van der Waals surface area contributed by atoms with Gasteiger partial charge in [-0.25, -0.2) is 0 Å². The molecule has 0 saturated carbocycles. The van der Waals surface area contributed by atoms with Gasteiger partial charge in [0.15, 0.2) is 0 Å². The molecule has 0 bridgehead atoms. The summed E-state index contributed by atoms with van der Waals surface area (Å²) < 4.78 is 26.7. The molecule has 1 atom stereocenters. The molecule has 0 saturated heterocycles. The van der Waals surface area contributed by atoms with Crippen LogP contribution in [0.5, 0.6) is 0 Å². The van der Waals surface area contributed by atoms with E-state index in [2.05, 4.69) is 27.9 Å². The van der Waals surface area contributed by atoms with Gasteiger partial charge in [-0.05, 0) is 12.8 Å². The summed E-state index contributed by atoms with van der Waals surface area (Å²) in [5.41, 5.74) is 0.296. The van der Waals surface area contributed by atoms with Crippen LogP contribution in [0.4, 0.5) is 0 Å². The lowest BCUT2D eigenvalue weighted by atomic mass is 10.0. The fraction of sp³-hybridized carbons (Fsp3) is 1.00. The van der Waals surface area contributed by atoms with Crippen LogP contribution < -0.4 is 4.89 Å². The summed E-state index contributed by atoms with van der Waals surface area (Å²) in [5.74, 6) is 0. The topological polar surface area (TPSA) is 108 Å². The molecule has 1 unspecified atom stereocenters. The number of rotatable bonds is 21. The zero-order chi connectivity index (χ0) is 26.5. The molecular weight excluding hydrogens is 473 g/mol. The molecule has 2 N–H and O–H groups in total. The first-order valence-electron chi connectivity index (χ1n) is 13.1. The number of phosphoric acid groups is 1. The predicted molar refractivity (Wildman–Crippen MR) is 140 cm³/mol. The van der Waals surface area contributed by atoms with Gasteiger partial charge in [0, 0.05) is 21.3 Å². The lowest BCUT2D eigenvalue weighted by molar-refractivity contribution is -0.890. The molecule has 34 heavy (non-hydrogen) atoms. The Morgan fingerprint density at radius 1 is 0.765 bits per heavy atom. The van der Waals surface area contributed by atoms with Gasteiger partial charge in [0.1, 0.15) is 0 Å². The van der Waals surface area contributed by atoms with Crippen molar-refractivity contribution in [1.29, 1.82) is 0 Å². The number of unbranched alkanes of at least 4 members (excludes halogenated alkanes) is 13. The van der Waals surface area contributed by atoms with Crippen molar-refractivity contribution >= 4 is 16.6 Å². The van der Waals surface area contributed by atoms with Crippen LogP contribution in [0, 0.1) is 0 Å². The molecule has 0 spiro atoms. The predicted octanol–water partition coefficient (Wildman–Crippen LogP) is 5.25. The fourth-order valence-electron chi connectivity index (χ4n) is 4.53. The summed E-state index contributed by atoms with van der Waals surface area (Å²) in [6.07, 6.45) is 19.8. The highest BCUT2D eigenvalue weighted by Crippen LogP contribution is 2.26. The molecule has 8 nitrogen and oxygen atoms in total. The molecule has 0 aliphatic heterocycles. The van der Waals surface area contributed by atoms with E-state index in [-0.39, 0.29) is 0 Å². The largest absolute Gasteiger partial charge is 0.756 e. The molecule has 0 aromatic carbocycles. The van der Waals surface area contributed by atoms with Gasteiger partial charge in [0.2, 0.25) is 0 Å². The summed E-state index contributed by atoms with van der Waals surface area (Å²) in [6, 6.07) is 0. The molecule has 208 valence electrons. The Kier molecular flexibility index (Phi) is 22.7. The molecular formula is C24H56NO7PSi. The van der Waals surface area contributed by atoms with E-state index >= 15 is 0 Å². The van der Waals surface area contributed by atoms with Crippen LogP contribution in [0.25, 0.3) is 0 Å². The van der Waals surface area contributed by atoms with Crippen molar-refractivity contribution in [2.75, 3.05) is 48.5 Å². The molecule has 0 aromatic heterocycles. The first-order chi connectivity index (χ1) is 15.9. The summed E-state index contributed by atoms with van der Waals surface area (Å²) in [4.78, 5) is 22.9. The first-order valence-corrected chi connectivity index (χ1v) is 16.4. The first kappa shape index (κ1) is 36.3. The van der Waals surface area contributed by atoms with Crippen molar-refractivity contribution in [3.8, 4) is 0 Å². The minimum Gasteiger partial charge on any atom is -0.756 e. The Bertz CT molecular complexity index is 485. The third-order valence-electron chi connectivity index (χ3n) is 6.34. The molecule has 0 aliphatic carbocycles. The van der Waals surface area contributed by atoms with Gasteiger partial charge in [0.05, 0.1) is 32.7 Å². The van der Waals surface area contributed by atoms with Crippen LogP contribution in [-0.2, 0) is 17.8 Å². The molecule has 0 aromatic rings. The second-order valence-electron chi connectivity index (χ2n) is 10.0. The van der Waals surface area contributed by atoms with Crippen LogP contribution in [0.3, 0.4) is 0 Å². The maximum Gasteiger partial charge on any atom is 0.508 e. The van der Waals surface area contributed by atoms with E-state index in [9.17, 15) is 0 Å². The fourth-order valence-corrected chi connectivity index (χ4v) is 6.96. The summed E-state index contributed by atoms with van der Waals surface area (Å²) in [6.45, 7) is 6.73. The Morgan fingerprint density at radius 2 is 1.06 bits per heavy atom. The van der Waals surface area contributed by atoms with E-state index < -0.39 is 16.6 Å². The number of nitrogens with zero attached hydrogens (tertiary/aromatic N) is 1. The minimum absolute atomic E-state index is 0.296. The lowest BCUT2D eigenvalue weighted by Gasteiger charge is -2.37. The van der Waals surface area contributed by atoms with E-state index in [4.69, 9.17) is 32.5 Å². The SMILES string of the molecule is CCCCCCCCCCCCCCCC[N+](C)(C)CC(C)[Si](OC)(OC)OC.O=P([O-])(O)O. The van der Waals surface area contributed by atoms with Crippen LogP contribution in [0.2, 0.25) is 5.54 Å². The van der Waals surface area contributed by atoms with Gasteiger partial charge >= 0.3 is 8.80 Å². The molecule has 10 heteroatoms. The standard InChI is InChI=1S/C24H54NO3Si.H3O4P/c1-8-9-10-11-12-13-14-15-16-17-18-19-20-21-22-25(3,4)23-24(2)29(26-5,27-6)28-7;1-5(2,3)4/h24H,8-23H2,1-7H3;(H3,1,2,3,4)/q+1;/p-1. The number of hydrogen-bond acceptors (Lipinski definition) is 5. The van der Waals surface area contributed by atoms with Gasteiger partial charge in [-0.2, -0.15) is 0 Å². The van der Waals surface area contributed by atoms with Gasteiger partial charge < -0.3 is 32.4 Å². The molecule has 0 amide bonds. The highest BCUT2D eigenvalue weighted by Gasteiger charge is 2.47. The zero-order valence-corrected chi connectivity index (χ0v) is 25.1. The molecule has 0 fully saturated rings. The van der Waals surface area contributed by atoms with Gasteiger partial charge in [-0.15, -0.1) is 0 Å². The minimum atomic E-state index is -4.89. The molecule has 0 aliphatic rings. The van der Waals surface area contributed by atoms with Gasteiger partial charge in [-0.3, -0.25) is 4.57 Å². The Balaban J connectivity index is 0. The smallest absolute Gasteiger partial charge is 0.508 e. The van der Waals surface area contributed by atoms with E-state index in [1.165, 1.54) is 96.4 Å². The van der Waals surface area contributed by atoms with Crippen molar-refractivity contribution in [3.05, 3.63) is 0 Å². The number of quaternary nitrogens is 1. The van der Waals surface area contributed by atoms with E-state index in [0.29, 0.717) is 5.54 Å². The van der Waals surface area contributed by atoms with E-state index in [1.807, 2.05) is 0 Å². The lowest BCUT2D eigenvalue weighted by Crippen LogP contribution is -2.53. The highest BCUT2D eigenvalue weighted by atomic mass is 31.2. The number of hydrogen-bond donors (Lipinski definition) is 2. The van der Waals surface area contributed by atoms with Crippen LogP contribution in [0.1, 0.15) is 104 Å². The van der Waals surface area contributed by atoms with Crippen molar-refractivity contribution in [3.63, 3.8) is 0 Å². The second-order valence-corrected chi connectivity index (χ2v) is 14.4. The molecule has 0 radical (unpaired) electrons. The third-order valence-corrected chi connectivity index (χ3v) is 9.44. The van der Waals surface area contributed by atoms with E-state index in [1.54, 1.807) is 21.3 Å². The van der Waals surface area contributed by atoms with Crippen molar-refractivity contribution < 1.29 is 37.0 Å². The van der Waals surface area contributed by atoms with Crippen LogP contribution >= 0.6 is 7.82 Å².